The third-order valence-corrected chi connectivity index (χ3v) is 3.75. The molecule has 0 saturated heterocycles. The summed E-state index contributed by atoms with van der Waals surface area (Å²) in [6.45, 7) is 2.13. The molecule has 104 valence electrons. The Kier molecular flexibility index (Phi) is 3.36. The number of fused-ring (bicyclic) bond motifs is 1. The van der Waals surface area contributed by atoms with Crippen LogP contribution >= 0.6 is 12.2 Å². The summed E-state index contributed by atoms with van der Waals surface area (Å²) in [5.41, 5.74) is 1.99. The molecule has 1 atom stereocenters. The van der Waals surface area contributed by atoms with E-state index in [0.717, 1.165) is 29.0 Å². The van der Waals surface area contributed by atoms with E-state index in [-0.39, 0.29) is 6.04 Å². The third-order valence-electron chi connectivity index (χ3n) is 3.45. The van der Waals surface area contributed by atoms with Gasteiger partial charge in [-0.3, -0.25) is 0 Å². The molecule has 2 heterocycles. The quantitative estimate of drug-likeness (QED) is 0.735. The maximum absolute atomic E-state index is 5.45. The fourth-order valence-corrected chi connectivity index (χ4v) is 2.92. The predicted molar refractivity (Wildman–Crippen MR) is 80.8 cm³/mol. The predicted octanol–water partition coefficient (Wildman–Crippen LogP) is 4.10. The number of benzene rings is 1. The number of hydrogen-bond donors (Lipinski definition) is 1. The van der Waals surface area contributed by atoms with Gasteiger partial charge in [-0.15, -0.1) is 0 Å². The van der Waals surface area contributed by atoms with Gasteiger partial charge in [0.1, 0.15) is 17.0 Å². The second-order valence-electron chi connectivity index (χ2n) is 4.79. The van der Waals surface area contributed by atoms with Crippen LogP contribution in [0.25, 0.3) is 11.0 Å². The summed E-state index contributed by atoms with van der Waals surface area (Å²) < 4.78 is 13.6. The molecule has 1 aromatic carbocycles. The third kappa shape index (κ3) is 2.14. The second kappa shape index (κ2) is 5.17. The standard InChI is InChI=1S/C15H16N2O2S/c1-10(9-11-5-4-8-19-11)17-12-6-3-7-13(18-2)14(12)16-15(17)20/h3-8,10H,9H2,1-2H3,(H,16,20). The molecule has 0 amide bonds. The van der Waals surface area contributed by atoms with Gasteiger partial charge in [-0.2, -0.15) is 0 Å². The molecule has 5 heteroatoms. The van der Waals surface area contributed by atoms with Crippen LogP contribution in [0, 0.1) is 4.77 Å². The van der Waals surface area contributed by atoms with Crippen molar-refractivity contribution in [3.63, 3.8) is 0 Å². The first-order valence-electron chi connectivity index (χ1n) is 6.50. The fraction of sp³-hybridized carbons (Fsp3) is 0.267. The van der Waals surface area contributed by atoms with E-state index < -0.39 is 0 Å². The van der Waals surface area contributed by atoms with Crippen molar-refractivity contribution in [2.75, 3.05) is 7.11 Å². The van der Waals surface area contributed by atoms with Crippen LogP contribution in [-0.2, 0) is 6.42 Å². The Labute approximate surface area is 122 Å². The van der Waals surface area contributed by atoms with Crippen molar-refractivity contribution in [3.05, 3.63) is 47.1 Å². The summed E-state index contributed by atoms with van der Waals surface area (Å²) in [6, 6.07) is 10.0. The first-order chi connectivity index (χ1) is 9.70. The number of nitrogens with zero attached hydrogens (tertiary/aromatic N) is 1. The van der Waals surface area contributed by atoms with Gasteiger partial charge < -0.3 is 18.7 Å². The summed E-state index contributed by atoms with van der Waals surface area (Å²) in [6.07, 6.45) is 2.49. The molecular formula is C15H16N2O2S. The van der Waals surface area contributed by atoms with Crippen LogP contribution < -0.4 is 4.74 Å². The van der Waals surface area contributed by atoms with Gasteiger partial charge in [0.25, 0.3) is 0 Å². The second-order valence-corrected chi connectivity index (χ2v) is 5.17. The van der Waals surface area contributed by atoms with Crippen molar-refractivity contribution >= 4 is 23.3 Å². The lowest BCUT2D eigenvalue weighted by molar-refractivity contribution is 0.419. The molecule has 4 nitrogen and oxygen atoms in total. The number of methoxy groups -OCH3 is 1. The summed E-state index contributed by atoms with van der Waals surface area (Å²) >= 11 is 5.45. The largest absolute Gasteiger partial charge is 0.494 e. The van der Waals surface area contributed by atoms with Crippen molar-refractivity contribution in [3.8, 4) is 5.75 Å². The fourth-order valence-electron chi connectivity index (χ4n) is 2.54. The van der Waals surface area contributed by atoms with Crippen molar-refractivity contribution in [1.29, 1.82) is 0 Å². The summed E-state index contributed by atoms with van der Waals surface area (Å²) in [5, 5.41) is 0. The monoisotopic (exact) mass is 288 g/mol. The van der Waals surface area contributed by atoms with Crippen LogP contribution in [0.3, 0.4) is 0 Å². The highest BCUT2D eigenvalue weighted by Crippen LogP contribution is 2.28. The average molecular weight is 288 g/mol. The van der Waals surface area contributed by atoms with Crippen LogP contribution in [0.1, 0.15) is 18.7 Å². The Morgan fingerprint density at radius 1 is 1.35 bits per heavy atom. The van der Waals surface area contributed by atoms with Crippen LogP contribution in [-0.4, -0.2) is 16.7 Å². The van der Waals surface area contributed by atoms with E-state index in [4.69, 9.17) is 21.4 Å². The van der Waals surface area contributed by atoms with Crippen LogP contribution in [0.5, 0.6) is 5.75 Å². The molecule has 0 aliphatic carbocycles. The van der Waals surface area contributed by atoms with Gasteiger partial charge in [0.05, 0.1) is 18.9 Å². The van der Waals surface area contributed by atoms with Crippen LogP contribution in [0.4, 0.5) is 0 Å². The smallest absolute Gasteiger partial charge is 0.178 e. The molecule has 0 saturated carbocycles. The number of ether oxygens (including phenoxy) is 1. The molecule has 0 aliphatic rings. The van der Waals surface area contributed by atoms with E-state index in [1.807, 2.05) is 30.3 Å². The van der Waals surface area contributed by atoms with E-state index >= 15 is 0 Å². The summed E-state index contributed by atoms with van der Waals surface area (Å²) in [7, 11) is 1.66. The molecule has 0 radical (unpaired) electrons. The van der Waals surface area contributed by atoms with Crippen LogP contribution in [0.15, 0.2) is 41.0 Å². The van der Waals surface area contributed by atoms with Crippen LogP contribution in [0.2, 0.25) is 0 Å². The number of aromatic nitrogens is 2. The Morgan fingerprint density at radius 3 is 2.90 bits per heavy atom. The van der Waals surface area contributed by atoms with Gasteiger partial charge in [-0.1, -0.05) is 6.07 Å². The Hall–Kier alpha value is -2.01. The van der Waals surface area contributed by atoms with Gasteiger partial charge in [-0.25, -0.2) is 0 Å². The number of aromatic amines is 1. The number of hydrogen-bond acceptors (Lipinski definition) is 3. The molecular weight excluding hydrogens is 272 g/mol. The minimum Gasteiger partial charge on any atom is -0.494 e. The van der Waals surface area contributed by atoms with Crippen molar-refractivity contribution in [1.82, 2.24) is 9.55 Å². The molecule has 2 aromatic heterocycles. The minimum atomic E-state index is 0.203. The van der Waals surface area contributed by atoms with Gasteiger partial charge >= 0.3 is 0 Å². The molecule has 0 spiro atoms. The van der Waals surface area contributed by atoms with E-state index in [0.29, 0.717) is 4.77 Å². The maximum Gasteiger partial charge on any atom is 0.178 e. The number of rotatable bonds is 4. The molecule has 0 aliphatic heterocycles. The molecule has 0 bridgehead atoms. The lowest BCUT2D eigenvalue weighted by atomic mass is 10.2. The minimum absolute atomic E-state index is 0.203. The molecule has 1 unspecified atom stereocenters. The number of furan rings is 1. The lowest BCUT2D eigenvalue weighted by Gasteiger charge is -2.13. The molecule has 0 fully saturated rings. The summed E-state index contributed by atoms with van der Waals surface area (Å²) in [4.78, 5) is 3.23. The van der Waals surface area contributed by atoms with Crippen molar-refractivity contribution in [2.45, 2.75) is 19.4 Å². The van der Waals surface area contributed by atoms with E-state index in [2.05, 4.69) is 16.5 Å². The van der Waals surface area contributed by atoms with Crippen molar-refractivity contribution in [2.24, 2.45) is 0 Å². The number of nitrogens with one attached hydrogen (secondary N) is 1. The van der Waals surface area contributed by atoms with Crippen molar-refractivity contribution < 1.29 is 9.15 Å². The average Bonchev–Trinajstić information content (AvgIpc) is 3.04. The highest BCUT2D eigenvalue weighted by molar-refractivity contribution is 7.71. The van der Waals surface area contributed by atoms with Gasteiger partial charge in [0.15, 0.2) is 4.77 Å². The number of imidazole rings is 1. The van der Waals surface area contributed by atoms with Gasteiger partial charge in [0.2, 0.25) is 0 Å². The Balaban J connectivity index is 2.07. The van der Waals surface area contributed by atoms with Gasteiger partial charge in [0, 0.05) is 12.5 Å². The van der Waals surface area contributed by atoms with Gasteiger partial charge in [-0.05, 0) is 43.4 Å². The zero-order valence-electron chi connectivity index (χ0n) is 11.4. The Morgan fingerprint density at radius 2 is 2.20 bits per heavy atom. The van der Waals surface area contributed by atoms with E-state index in [9.17, 15) is 0 Å². The molecule has 1 N–H and O–H groups in total. The number of para-hydroxylation sites is 1. The molecule has 3 aromatic rings. The lowest BCUT2D eigenvalue weighted by Crippen LogP contribution is -2.07. The Bertz CT molecular complexity index is 771. The van der Waals surface area contributed by atoms with E-state index in [1.165, 1.54) is 0 Å². The highest BCUT2D eigenvalue weighted by Gasteiger charge is 2.15. The zero-order chi connectivity index (χ0) is 14.1. The molecule has 20 heavy (non-hydrogen) atoms. The maximum atomic E-state index is 5.45. The number of H-pyrrole nitrogens is 1. The zero-order valence-corrected chi connectivity index (χ0v) is 12.2. The molecule has 3 rings (SSSR count). The first-order valence-corrected chi connectivity index (χ1v) is 6.91. The SMILES string of the molecule is COc1cccc2c1[nH]c(=S)n2C(C)Cc1ccco1. The normalized spacial score (nSPS) is 12.7. The first kappa shape index (κ1) is 13.0. The highest BCUT2D eigenvalue weighted by atomic mass is 32.1. The summed E-state index contributed by atoms with van der Waals surface area (Å²) in [5.74, 6) is 1.76. The van der Waals surface area contributed by atoms with E-state index in [1.54, 1.807) is 13.4 Å². The topological polar surface area (TPSA) is 43.1 Å².